The molecule has 3 fully saturated rings. The molecule has 1 aliphatic carbocycles. The number of hydrogen-bond donors (Lipinski definition) is 4. The van der Waals surface area contributed by atoms with Gasteiger partial charge in [0.1, 0.15) is 23.4 Å². The van der Waals surface area contributed by atoms with Crippen LogP contribution in [0.5, 0.6) is 11.6 Å². The molecule has 12 nitrogen and oxygen atoms in total. The van der Waals surface area contributed by atoms with Crippen LogP contribution < -0.4 is 31.7 Å². The molecule has 0 spiro atoms. The molecule has 3 aromatic rings. The molecule has 6 rings (SSSR count). The van der Waals surface area contributed by atoms with Gasteiger partial charge in [0.05, 0.1) is 17.9 Å². The number of anilines is 2. The smallest absolute Gasteiger partial charge is 0.215 e. The lowest BCUT2D eigenvalue weighted by Crippen LogP contribution is -2.53. The van der Waals surface area contributed by atoms with Gasteiger partial charge in [0.25, 0.3) is 0 Å². The van der Waals surface area contributed by atoms with Gasteiger partial charge in [0, 0.05) is 80.0 Å². The Morgan fingerprint density at radius 2 is 1.66 bits per heavy atom. The molecule has 53 heavy (non-hydrogen) atoms. The number of phenols is 1. The maximum atomic E-state index is 10.3. The summed E-state index contributed by atoms with van der Waals surface area (Å²) in [6.45, 7) is 12.9. The van der Waals surface area contributed by atoms with Gasteiger partial charge in [0.15, 0.2) is 5.82 Å². The van der Waals surface area contributed by atoms with E-state index < -0.39 is 0 Å². The monoisotopic (exact) mass is 728 g/mol. The van der Waals surface area contributed by atoms with Gasteiger partial charge in [-0.15, -0.1) is 0 Å². The van der Waals surface area contributed by atoms with Crippen LogP contribution in [0.25, 0.3) is 5.70 Å². The number of benzene rings is 1. The lowest BCUT2D eigenvalue weighted by atomic mass is 9.94. The van der Waals surface area contributed by atoms with E-state index in [9.17, 15) is 5.11 Å². The number of ether oxygens (including phenoxy) is 2. The molecule has 288 valence electrons. The number of para-hydroxylation sites is 1. The van der Waals surface area contributed by atoms with Crippen LogP contribution >= 0.6 is 0 Å². The van der Waals surface area contributed by atoms with Crippen LogP contribution in [0.1, 0.15) is 96.3 Å². The van der Waals surface area contributed by atoms with Gasteiger partial charge in [0.2, 0.25) is 5.88 Å². The summed E-state index contributed by atoms with van der Waals surface area (Å²) in [6, 6.07) is 13.5. The number of phenolic OH excluding ortho intramolecular Hbond substituents is 1. The minimum absolute atomic E-state index is 0.114. The fraction of sp³-hybridized carbons (Fsp3) is 0.561. The fourth-order valence-electron chi connectivity index (χ4n) is 7.86. The normalized spacial score (nSPS) is 22.2. The third-order valence-electron chi connectivity index (χ3n) is 11.3. The van der Waals surface area contributed by atoms with Crippen LogP contribution in [0.3, 0.4) is 0 Å². The second kappa shape index (κ2) is 17.5. The molecule has 0 bridgehead atoms. The van der Waals surface area contributed by atoms with Crippen LogP contribution in [-0.4, -0.2) is 77.2 Å². The number of aromatic hydroxyl groups is 1. The van der Waals surface area contributed by atoms with Crippen LogP contribution in [0.2, 0.25) is 0 Å². The molecule has 0 amide bonds. The first kappa shape index (κ1) is 38.2. The molecule has 2 unspecified atom stereocenters. The quantitative estimate of drug-likeness (QED) is 0.146. The number of nitrogens with two attached hydrogens (primary N) is 3. The third-order valence-corrected chi connectivity index (χ3v) is 11.3. The van der Waals surface area contributed by atoms with Crippen molar-refractivity contribution in [3.63, 3.8) is 0 Å². The van der Waals surface area contributed by atoms with Gasteiger partial charge >= 0.3 is 0 Å². The van der Waals surface area contributed by atoms with Crippen molar-refractivity contribution in [2.45, 2.75) is 109 Å². The number of allylic oxidation sites excluding steroid dienone is 1. The molecule has 2 saturated heterocycles. The molecule has 1 aromatic carbocycles. The topological polar surface area (TPSA) is 165 Å². The van der Waals surface area contributed by atoms with Crippen molar-refractivity contribution in [2.75, 3.05) is 42.5 Å². The van der Waals surface area contributed by atoms with Gasteiger partial charge in [-0.1, -0.05) is 51.4 Å². The summed E-state index contributed by atoms with van der Waals surface area (Å²) in [5.74, 6) is 3.78. The predicted molar refractivity (Wildman–Crippen MR) is 210 cm³/mol. The van der Waals surface area contributed by atoms with Crippen LogP contribution in [0, 0.1) is 5.92 Å². The van der Waals surface area contributed by atoms with Crippen LogP contribution in [0.4, 0.5) is 11.5 Å². The van der Waals surface area contributed by atoms with E-state index in [1.807, 2.05) is 12.3 Å². The largest absolute Gasteiger partial charge is 0.507 e. The van der Waals surface area contributed by atoms with E-state index >= 15 is 0 Å². The fourth-order valence-corrected chi connectivity index (χ4v) is 7.86. The Bertz CT molecular complexity index is 1690. The summed E-state index contributed by atoms with van der Waals surface area (Å²) >= 11 is 0. The van der Waals surface area contributed by atoms with Crippen molar-refractivity contribution in [2.24, 2.45) is 23.1 Å². The minimum Gasteiger partial charge on any atom is -0.507 e. The second-order valence-corrected chi connectivity index (χ2v) is 15.4. The predicted octanol–water partition coefficient (Wildman–Crippen LogP) is 6.29. The van der Waals surface area contributed by atoms with Crippen molar-refractivity contribution < 1.29 is 19.1 Å². The van der Waals surface area contributed by atoms with Gasteiger partial charge in [-0.25, -0.2) is 4.98 Å². The Hall–Kier alpha value is -4.58. The minimum atomic E-state index is 0.114. The van der Waals surface area contributed by atoms with E-state index in [2.05, 4.69) is 70.7 Å². The molecule has 12 heteroatoms. The van der Waals surface area contributed by atoms with E-state index in [-0.39, 0.29) is 35.9 Å². The SMILES string of the molecule is CCCC1CN(C(/C=C(\N)c2ccccc2O)=C(N)N)CCN1c1ccnc(OC2CCC(OC3CCN(c4cc(C(C)C(C)C)on4)CC3)CC2)c1. The number of hydrogen-bond acceptors (Lipinski definition) is 12. The summed E-state index contributed by atoms with van der Waals surface area (Å²) < 4.78 is 18.8. The first-order chi connectivity index (χ1) is 25.6. The Labute approximate surface area is 315 Å². The summed E-state index contributed by atoms with van der Waals surface area (Å²) in [4.78, 5) is 11.6. The van der Waals surface area contributed by atoms with Gasteiger partial charge < -0.3 is 51.0 Å². The standard InChI is InChI=1S/C41H60N8O4/c1-5-8-30-26-48(36(41(43)44)24-35(42)34-9-6-7-10-37(34)50)21-22-49(30)29-15-18-45-40(23-29)52-32-13-11-31(12-14-32)51-33-16-19-47(20-17-33)39-25-38(53-46-39)28(4)27(2)3/h6-7,9-10,15,18,23-25,27-28,30-33,50H,5,8,11-14,16-17,19-22,26,42-44H2,1-4H3/b35-24-. The molecule has 2 aromatic heterocycles. The summed E-state index contributed by atoms with van der Waals surface area (Å²) in [5.41, 5.74) is 21.6. The Morgan fingerprint density at radius 1 is 0.943 bits per heavy atom. The maximum Gasteiger partial charge on any atom is 0.215 e. The second-order valence-electron chi connectivity index (χ2n) is 15.4. The first-order valence-electron chi connectivity index (χ1n) is 19.6. The zero-order chi connectivity index (χ0) is 37.5. The molecule has 1 saturated carbocycles. The number of pyridine rings is 1. The number of nitrogens with zero attached hydrogens (tertiary/aromatic N) is 5. The van der Waals surface area contributed by atoms with Gasteiger partial charge in [-0.2, -0.15) is 0 Å². The highest BCUT2D eigenvalue weighted by molar-refractivity contribution is 5.70. The molecular weight excluding hydrogens is 669 g/mol. The Balaban J connectivity index is 0.992. The van der Waals surface area contributed by atoms with E-state index in [1.165, 1.54) is 0 Å². The Morgan fingerprint density at radius 3 is 2.36 bits per heavy atom. The van der Waals surface area contributed by atoms with Crippen LogP contribution in [0.15, 0.2) is 70.8 Å². The number of piperazine rings is 1. The molecule has 2 atom stereocenters. The average molecular weight is 729 g/mol. The lowest BCUT2D eigenvalue weighted by molar-refractivity contribution is -0.0531. The highest BCUT2D eigenvalue weighted by Crippen LogP contribution is 2.33. The van der Waals surface area contributed by atoms with E-state index in [0.29, 0.717) is 41.2 Å². The molecular formula is C41H60N8O4. The Kier molecular flexibility index (Phi) is 12.6. The van der Waals surface area contributed by atoms with Crippen molar-refractivity contribution in [3.05, 3.63) is 77.6 Å². The third kappa shape index (κ3) is 9.51. The van der Waals surface area contributed by atoms with Gasteiger partial charge in [-0.05, 0) is 75.1 Å². The zero-order valence-corrected chi connectivity index (χ0v) is 32.0. The van der Waals surface area contributed by atoms with Crippen molar-refractivity contribution in [1.29, 1.82) is 0 Å². The molecule has 0 radical (unpaired) electrons. The number of aromatic nitrogens is 2. The van der Waals surface area contributed by atoms with Crippen molar-refractivity contribution in [3.8, 4) is 11.6 Å². The van der Waals surface area contributed by atoms with Crippen molar-refractivity contribution in [1.82, 2.24) is 15.0 Å². The number of piperidine rings is 1. The van der Waals surface area contributed by atoms with Crippen molar-refractivity contribution >= 4 is 17.2 Å². The molecule has 4 heterocycles. The summed E-state index contributed by atoms with van der Waals surface area (Å²) in [6.07, 6.45) is 12.2. The first-order valence-corrected chi connectivity index (χ1v) is 19.6. The van der Waals surface area contributed by atoms with E-state index in [1.54, 1.807) is 24.3 Å². The zero-order valence-electron chi connectivity index (χ0n) is 32.0. The molecule has 7 N–H and O–H groups in total. The average Bonchev–Trinajstić information content (AvgIpc) is 3.65. The van der Waals surface area contributed by atoms with E-state index in [0.717, 1.165) is 94.8 Å². The maximum absolute atomic E-state index is 10.3. The molecule has 2 aliphatic heterocycles. The molecule has 3 aliphatic rings. The van der Waals surface area contributed by atoms with Gasteiger partial charge in [-0.3, -0.25) is 0 Å². The summed E-state index contributed by atoms with van der Waals surface area (Å²) in [5, 5.41) is 14.7. The highest BCUT2D eigenvalue weighted by Gasteiger charge is 2.31. The highest BCUT2D eigenvalue weighted by atomic mass is 16.5. The van der Waals surface area contributed by atoms with E-state index in [4.69, 9.17) is 31.2 Å². The van der Waals surface area contributed by atoms with Crippen LogP contribution in [-0.2, 0) is 4.74 Å². The summed E-state index contributed by atoms with van der Waals surface area (Å²) in [7, 11) is 0. The lowest BCUT2D eigenvalue weighted by Gasteiger charge is -2.44. The number of rotatable bonds is 13.